The normalized spacial score (nSPS) is 12.6. The molecule has 4 rings (SSSR count). The second-order valence-electron chi connectivity index (χ2n) is 7.41. The van der Waals surface area contributed by atoms with Crippen LogP contribution in [0.4, 0.5) is 5.00 Å². The molecule has 0 fully saturated rings. The number of fused-ring (bicyclic) bond motifs is 3. The van der Waals surface area contributed by atoms with Crippen molar-refractivity contribution in [2.75, 3.05) is 24.3 Å². The Kier molecular flexibility index (Phi) is 7.03. The minimum Gasteiger partial charge on any atom is -0.462 e. The second kappa shape index (κ2) is 9.97. The first-order chi connectivity index (χ1) is 16.3. The third-order valence-electron chi connectivity index (χ3n) is 5.26. The van der Waals surface area contributed by atoms with Crippen LogP contribution in [-0.2, 0) is 27.1 Å². The molecule has 0 saturated carbocycles. The summed E-state index contributed by atoms with van der Waals surface area (Å²) in [6.07, 6.45) is 2.31. The van der Waals surface area contributed by atoms with Gasteiger partial charge in [-0.15, -0.1) is 21.5 Å². The number of amides is 1. The van der Waals surface area contributed by atoms with Gasteiger partial charge in [-0.25, -0.2) is 9.59 Å². The number of esters is 2. The van der Waals surface area contributed by atoms with Crippen molar-refractivity contribution in [2.45, 2.75) is 45.2 Å². The van der Waals surface area contributed by atoms with E-state index in [4.69, 9.17) is 9.47 Å². The Morgan fingerprint density at radius 2 is 1.88 bits per heavy atom. The number of H-pyrrole nitrogens is 1. The van der Waals surface area contributed by atoms with E-state index in [1.807, 2.05) is 0 Å². The number of nitrogens with one attached hydrogen (secondary N) is 2. The molecule has 2 N–H and O–H groups in total. The van der Waals surface area contributed by atoms with Crippen LogP contribution >= 0.6 is 23.1 Å². The fourth-order valence-electron chi connectivity index (χ4n) is 3.82. The topological polar surface area (TPSA) is 145 Å². The molecule has 1 aliphatic carbocycles. The lowest BCUT2D eigenvalue weighted by molar-refractivity contribution is -0.113. The molecule has 13 heteroatoms. The summed E-state index contributed by atoms with van der Waals surface area (Å²) < 4.78 is 12.0. The predicted molar refractivity (Wildman–Crippen MR) is 126 cm³/mol. The van der Waals surface area contributed by atoms with E-state index in [0.29, 0.717) is 22.9 Å². The SMILES string of the molecule is CCOC(=O)c1sc(NC(=O)CSc2nnc3[nH]c(=O)c4c(n23)CCC4)c(C(=O)OCC)c1C. The van der Waals surface area contributed by atoms with Crippen molar-refractivity contribution in [2.24, 2.45) is 0 Å². The molecule has 0 radical (unpaired) electrons. The average Bonchev–Trinajstić information content (AvgIpc) is 3.50. The summed E-state index contributed by atoms with van der Waals surface area (Å²) in [5.41, 5.74) is 1.96. The zero-order valence-corrected chi connectivity index (χ0v) is 20.5. The minimum absolute atomic E-state index is 0.0252. The van der Waals surface area contributed by atoms with Crippen LogP contribution < -0.4 is 10.9 Å². The van der Waals surface area contributed by atoms with Gasteiger partial charge in [0.05, 0.1) is 24.5 Å². The summed E-state index contributed by atoms with van der Waals surface area (Å²) in [6.45, 7) is 5.31. The molecule has 0 aliphatic heterocycles. The summed E-state index contributed by atoms with van der Waals surface area (Å²) in [6, 6.07) is 0. The van der Waals surface area contributed by atoms with Crippen molar-refractivity contribution >= 4 is 51.7 Å². The van der Waals surface area contributed by atoms with Gasteiger partial charge in [-0.3, -0.25) is 19.0 Å². The molecule has 0 aromatic carbocycles. The van der Waals surface area contributed by atoms with Gasteiger partial charge in [0.15, 0.2) is 5.16 Å². The van der Waals surface area contributed by atoms with Crippen molar-refractivity contribution in [3.63, 3.8) is 0 Å². The zero-order chi connectivity index (χ0) is 24.4. The van der Waals surface area contributed by atoms with Gasteiger partial charge in [-0.05, 0) is 45.6 Å². The highest BCUT2D eigenvalue weighted by atomic mass is 32.2. The van der Waals surface area contributed by atoms with Crippen molar-refractivity contribution in [3.8, 4) is 0 Å². The molecule has 3 heterocycles. The van der Waals surface area contributed by atoms with Crippen molar-refractivity contribution in [1.29, 1.82) is 0 Å². The number of ether oxygens (including phenoxy) is 2. The lowest BCUT2D eigenvalue weighted by Gasteiger charge is -2.07. The average molecular weight is 506 g/mol. The van der Waals surface area contributed by atoms with Gasteiger partial charge in [-0.2, -0.15) is 0 Å². The first-order valence-corrected chi connectivity index (χ1v) is 12.5. The van der Waals surface area contributed by atoms with Gasteiger partial charge in [-0.1, -0.05) is 11.8 Å². The van der Waals surface area contributed by atoms with Crippen LogP contribution in [-0.4, -0.2) is 56.4 Å². The summed E-state index contributed by atoms with van der Waals surface area (Å²) >= 11 is 2.13. The van der Waals surface area contributed by atoms with E-state index in [9.17, 15) is 19.2 Å². The third-order valence-corrected chi connectivity index (χ3v) is 7.38. The fraction of sp³-hybridized carbons (Fsp3) is 0.429. The highest BCUT2D eigenvalue weighted by molar-refractivity contribution is 7.99. The van der Waals surface area contributed by atoms with Crippen LogP contribution in [0.25, 0.3) is 5.78 Å². The van der Waals surface area contributed by atoms with E-state index in [-0.39, 0.29) is 40.0 Å². The number of carbonyl (C=O) groups excluding carboxylic acids is 3. The maximum absolute atomic E-state index is 12.8. The molecule has 3 aromatic rings. The molecular weight excluding hydrogens is 482 g/mol. The van der Waals surface area contributed by atoms with E-state index in [1.165, 1.54) is 0 Å². The number of hydrogen-bond donors (Lipinski definition) is 2. The maximum Gasteiger partial charge on any atom is 0.348 e. The number of hydrogen-bond acceptors (Lipinski definition) is 10. The van der Waals surface area contributed by atoms with Crippen LogP contribution in [0.2, 0.25) is 0 Å². The van der Waals surface area contributed by atoms with Gasteiger partial charge >= 0.3 is 11.9 Å². The summed E-state index contributed by atoms with van der Waals surface area (Å²) in [5.74, 6) is -1.28. The monoisotopic (exact) mass is 505 g/mol. The molecule has 1 amide bonds. The van der Waals surface area contributed by atoms with Crippen molar-refractivity contribution in [3.05, 3.63) is 37.6 Å². The molecule has 0 saturated heterocycles. The van der Waals surface area contributed by atoms with E-state index in [0.717, 1.165) is 47.2 Å². The summed E-state index contributed by atoms with van der Waals surface area (Å²) in [5, 5.41) is 11.6. The number of thioether (sulfide) groups is 1. The molecule has 1 aliphatic rings. The Morgan fingerprint density at radius 1 is 1.15 bits per heavy atom. The highest BCUT2D eigenvalue weighted by Crippen LogP contribution is 2.34. The Hall–Kier alpha value is -3.19. The van der Waals surface area contributed by atoms with Gasteiger partial charge in [0.25, 0.3) is 5.56 Å². The second-order valence-corrected chi connectivity index (χ2v) is 9.38. The Labute approximate surface area is 202 Å². The van der Waals surface area contributed by atoms with Crippen LogP contribution in [0.3, 0.4) is 0 Å². The number of aryl methyl sites for hydroxylation is 1. The molecule has 34 heavy (non-hydrogen) atoms. The van der Waals surface area contributed by atoms with Crippen molar-refractivity contribution < 1.29 is 23.9 Å². The lowest BCUT2D eigenvalue weighted by Crippen LogP contribution is -2.18. The molecule has 0 bridgehead atoms. The number of anilines is 1. The largest absolute Gasteiger partial charge is 0.462 e. The molecular formula is C21H23N5O6S2. The van der Waals surface area contributed by atoms with Gasteiger partial charge < -0.3 is 14.8 Å². The smallest absolute Gasteiger partial charge is 0.348 e. The summed E-state index contributed by atoms with van der Waals surface area (Å²) in [4.78, 5) is 52.7. The molecule has 180 valence electrons. The lowest BCUT2D eigenvalue weighted by atomic mass is 10.1. The third kappa shape index (κ3) is 4.44. The van der Waals surface area contributed by atoms with E-state index < -0.39 is 17.8 Å². The van der Waals surface area contributed by atoms with Crippen LogP contribution in [0.15, 0.2) is 9.95 Å². The minimum atomic E-state index is -0.627. The molecule has 11 nitrogen and oxygen atoms in total. The number of nitrogens with zero attached hydrogens (tertiary/aromatic N) is 3. The van der Waals surface area contributed by atoms with E-state index in [1.54, 1.807) is 25.2 Å². The molecule has 0 atom stereocenters. The van der Waals surface area contributed by atoms with Crippen LogP contribution in [0, 0.1) is 6.92 Å². The van der Waals surface area contributed by atoms with Gasteiger partial charge in [0, 0.05) is 11.3 Å². The number of aromatic amines is 1. The first-order valence-electron chi connectivity index (χ1n) is 10.7. The van der Waals surface area contributed by atoms with E-state index >= 15 is 0 Å². The fourth-order valence-corrected chi connectivity index (χ4v) is 5.68. The molecule has 0 unspecified atom stereocenters. The van der Waals surface area contributed by atoms with E-state index in [2.05, 4.69) is 20.5 Å². The number of aromatic nitrogens is 4. The Morgan fingerprint density at radius 3 is 2.62 bits per heavy atom. The number of rotatable bonds is 8. The summed E-state index contributed by atoms with van der Waals surface area (Å²) in [7, 11) is 0. The quantitative estimate of drug-likeness (QED) is 0.348. The van der Waals surface area contributed by atoms with Crippen LogP contribution in [0.5, 0.6) is 0 Å². The standard InChI is InChI=1S/C21H23N5O6S2/c1-4-31-18(29)14-10(3)15(19(30)32-5-2)34-17(14)22-13(27)9-33-21-25-24-20-23-16(28)11-7-6-8-12(11)26(20)21/h4-9H2,1-3H3,(H,22,27)(H,23,24,28). The zero-order valence-electron chi connectivity index (χ0n) is 18.9. The molecule has 0 spiro atoms. The maximum atomic E-state index is 12.8. The van der Waals surface area contributed by atoms with Crippen molar-refractivity contribution in [1.82, 2.24) is 19.6 Å². The first kappa shape index (κ1) is 24.0. The Bertz CT molecular complexity index is 1340. The highest BCUT2D eigenvalue weighted by Gasteiger charge is 2.28. The van der Waals surface area contributed by atoms with Gasteiger partial charge in [0.1, 0.15) is 9.88 Å². The number of carbonyl (C=O) groups is 3. The Balaban J connectivity index is 1.55. The van der Waals surface area contributed by atoms with Crippen LogP contribution in [0.1, 0.15) is 57.1 Å². The van der Waals surface area contributed by atoms with Gasteiger partial charge in [0.2, 0.25) is 11.7 Å². The number of thiophene rings is 1. The molecule has 3 aromatic heterocycles. The predicted octanol–water partition coefficient (Wildman–Crippen LogP) is 2.36.